The second-order valence-electron chi connectivity index (χ2n) is 4.46. The second-order valence-corrected chi connectivity index (χ2v) is 4.80. The molecule has 0 spiro atoms. The summed E-state index contributed by atoms with van der Waals surface area (Å²) in [6, 6.07) is 5.89. The number of esters is 1. The quantitative estimate of drug-likeness (QED) is 0.640. The van der Waals surface area contributed by atoms with E-state index in [-0.39, 0.29) is 12.2 Å². The number of hydrogen-bond donors (Lipinski definition) is 0. The summed E-state index contributed by atoms with van der Waals surface area (Å²) in [6.07, 6.45) is 0. The zero-order valence-corrected chi connectivity index (χ0v) is 11.8. The summed E-state index contributed by atoms with van der Waals surface area (Å²) in [7, 11) is 0. The lowest BCUT2D eigenvalue weighted by atomic mass is 9.95. The summed E-state index contributed by atoms with van der Waals surface area (Å²) in [5.74, 6) is -0.855. The molecule has 0 atom stereocenters. The summed E-state index contributed by atoms with van der Waals surface area (Å²) >= 11 is 5.61. The number of rotatable bonds is 3. The van der Waals surface area contributed by atoms with Crippen LogP contribution in [0, 0.1) is 12.7 Å². The van der Waals surface area contributed by atoms with Crippen LogP contribution in [0.25, 0.3) is 10.8 Å². The second kappa shape index (κ2) is 5.59. The van der Waals surface area contributed by atoms with Crippen LogP contribution in [0.3, 0.4) is 0 Å². The monoisotopic (exact) mass is 294 g/mol. The van der Waals surface area contributed by atoms with Crippen molar-refractivity contribution in [1.29, 1.82) is 0 Å². The highest BCUT2D eigenvalue weighted by molar-refractivity contribution is 6.68. The van der Waals surface area contributed by atoms with Crippen LogP contribution in [0.15, 0.2) is 24.3 Å². The first-order valence-corrected chi connectivity index (χ1v) is 6.33. The SMILES string of the molecule is CC(=O)OCc1cc2ccc(F)cc2c(C(=O)Cl)c1C. The van der Waals surface area contributed by atoms with E-state index in [1.54, 1.807) is 19.1 Å². The van der Waals surface area contributed by atoms with Crippen molar-refractivity contribution in [3.8, 4) is 0 Å². The number of fused-ring (bicyclic) bond motifs is 1. The van der Waals surface area contributed by atoms with Gasteiger partial charge in [-0.25, -0.2) is 4.39 Å². The van der Waals surface area contributed by atoms with Gasteiger partial charge >= 0.3 is 5.97 Å². The highest BCUT2D eigenvalue weighted by atomic mass is 35.5. The average molecular weight is 295 g/mol. The molecule has 104 valence electrons. The maximum absolute atomic E-state index is 13.3. The molecule has 0 N–H and O–H groups in total. The fourth-order valence-corrected chi connectivity index (χ4v) is 2.36. The first kappa shape index (κ1) is 14.5. The number of hydrogen-bond acceptors (Lipinski definition) is 3. The van der Waals surface area contributed by atoms with Gasteiger partial charge in [-0.15, -0.1) is 0 Å². The Hall–Kier alpha value is -1.94. The Bertz CT molecular complexity index is 710. The molecule has 2 aromatic carbocycles. The molecule has 5 heteroatoms. The molecule has 0 saturated carbocycles. The van der Waals surface area contributed by atoms with Crippen molar-refractivity contribution in [2.75, 3.05) is 0 Å². The van der Waals surface area contributed by atoms with Gasteiger partial charge in [0.1, 0.15) is 12.4 Å². The van der Waals surface area contributed by atoms with Gasteiger partial charge in [0.2, 0.25) is 0 Å². The topological polar surface area (TPSA) is 43.4 Å². The van der Waals surface area contributed by atoms with Gasteiger partial charge in [0, 0.05) is 12.5 Å². The Morgan fingerprint density at radius 3 is 2.60 bits per heavy atom. The van der Waals surface area contributed by atoms with Crippen molar-refractivity contribution >= 4 is 33.6 Å². The van der Waals surface area contributed by atoms with E-state index < -0.39 is 17.0 Å². The molecule has 0 aromatic heterocycles. The van der Waals surface area contributed by atoms with Crippen molar-refractivity contribution in [1.82, 2.24) is 0 Å². The Balaban J connectivity index is 2.67. The van der Waals surface area contributed by atoms with Gasteiger partial charge in [-0.3, -0.25) is 9.59 Å². The van der Waals surface area contributed by atoms with E-state index in [9.17, 15) is 14.0 Å². The number of halogens is 2. The minimum atomic E-state index is -0.664. The summed E-state index contributed by atoms with van der Waals surface area (Å²) in [4.78, 5) is 22.5. The fourth-order valence-electron chi connectivity index (χ4n) is 2.11. The molecule has 0 amide bonds. The third-order valence-electron chi connectivity index (χ3n) is 3.10. The van der Waals surface area contributed by atoms with Crippen LogP contribution >= 0.6 is 11.6 Å². The predicted molar refractivity (Wildman–Crippen MR) is 74.3 cm³/mol. The van der Waals surface area contributed by atoms with Crippen LogP contribution in [0.5, 0.6) is 0 Å². The molecule has 0 saturated heterocycles. The van der Waals surface area contributed by atoms with E-state index >= 15 is 0 Å². The van der Waals surface area contributed by atoms with Gasteiger partial charge in [-0.1, -0.05) is 6.07 Å². The lowest BCUT2D eigenvalue weighted by Crippen LogP contribution is -2.05. The molecule has 2 aromatic rings. The maximum Gasteiger partial charge on any atom is 0.302 e. The Morgan fingerprint density at radius 1 is 1.30 bits per heavy atom. The third kappa shape index (κ3) is 2.80. The molecule has 0 bridgehead atoms. The van der Waals surface area contributed by atoms with E-state index in [1.807, 2.05) is 0 Å². The number of ether oxygens (including phenoxy) is 1. The Labute approximate surface area is 120 Å². The van der Waals surface area contributed by atoms with Crippen molar-refractivity contribution in [3.63, 3.8) is 0 Å². The molecule has 0 radical (unpaired) electrons. The van der Waals surface area contributed by atoms with Crippen LogP contribution in [-0.2, 0) is 16.1 Å². The van der Waals surface area contributed by atoms with Gasteiger partial charge in [-0.05, 0) is 58.6 Å². The van der Waals surface area contributed by atoms with E-state index in [1.165, 1.54) is 19.1 Å². The highest BCUT2D eigenvalue weighted by Crippen LogP contribution is 2.28. The zero-order valence-electron chi connectivity index (χ0n) is 11.0. The molecule has 20 heavy (non-hydrogen) atoms. The Kier molecular flexibility index (Phi) is 4.04. The fraction of sp³-hybridized carbons (Fsp3) is 0.200. The summed E-state index contributed by atoms with van der Waals surface area (Å²) in [6.45, 7) is 3.05. The first-order valence-electron chi connectivity index (χ1n) is 5.95. The van der Waals surface area contributed by atoms with E-state index in [0.29, 0.717) is 21.9 Å². The summed E-state index contributed by atoms with van der Waals surface area (Å²) in [5.41, 5.74) is 1.50. The molecule has 3 nitrogen and oxygen atoms in total. The van der Waals surface area contributed by atoms with Crippen molar-refractivity contribution < 1.29 is 18.7 Å². The molecule has 0 aliphatic rings. The largest absolute Gasteiger partial charge is 0.461 e. The van der Waals surface area contributed by atoms with Crippen molar-refractivity contribution in [2.24, 2.45) is 0 Å². The van der Waals surface area contributed by atoms with Crippen LogP contribution < -0.4 is 0 Å². The minimum Gasteiger partial charge on any atom is -0.461 e. The van der Waals surface area contributed by atoms with Gasteiger partial charge in [0.05, 0.1) is 0 Å². The van der Waals surface area contributed by atoms with Gasteiger partial charge in [0.25, 0.3) is 5.24 Å². The van der Waals surface area contributed by atoms with Gasteiger partial charge in [0.15, 0.2) is 0 Å². The predicted octanol–water partition coefficient (Wildman–Crippen LogP) is 3.73. The summed E-state index contributed by atoms with van der Waals surface area (Å²) < 4.78 is 18.3. The number of benzene rings is 2. The van der Waals surface area contributed by atoms with E-state index in [0.717, 1.165) is 0 Å². The lowest BCUT2D eigenvalue weighted by molar-refractivity contribution is -0.142. The molecular formula is C15H12ClFO3. The van der Waals surface area contributed by atoms with Crippen LogP contribution in [0.1, 0.15) is 28.4 Å². The smallest absolute Gasteiger partial charge is 0.302 e. The van der Waals surface area contributed by atoms with Gasteiger partial charge in [-0.2, -0.15) is 0 Å². The molecule has 0 aliphatic heterocycles. The molecule has 0 heterocycles. The van der Waals surface area contributed by atoms with Crippen LogP contribution in [0.2, 0.25) is 0 Å². The van der Waals surface area contributed by atoms with Crippen LogP contribution in [-0.4, -0.2) is 11.2 Å². The molecular weight excluding hydrogens is 283 g/mol. The van der Waals surface area contributed by atoms with Gasteiger partial charge < -0.3 is 4.74 Å². The van der Waals surface area contributed by atoms with Crippen LogP contribution in [0.4, 0.5) is 4.39 Å². The lowest BCUT2D eigenvalue weighted by Gasteiger charge is -2.13. The van der Waals surface area contributed by atoms with E-state index in [2.05, 4.69) is 0 Å². The Morgan fingerprint density at radius 2 is 2.00 bits per heavy atom. The normalized spacial score (nSPS) is 10.6. The zero-order chi connectivity index (χ0) is 14.9. The highest BCUT2D eigenvalue weighted by Gasteiger charge is 2.16. The third-order valence-corrected chi connectivity index (χ3v) is 3.29. The standard InChI is InChI=1S/C15H12ClFO3/c1-8-11(7-20-9(2)18)5-10-3-4-12(17)6-13(10)14(8)15(16)19/h3-6H,7H2,1-2H3. The summed E-state index contributed by atoms with van der Waals surface area (Å²) in [5, 5.41) is 0.458. The minimum absolute atomic E-state index is 0.0473. The van der Waals surface area contributed by atoms with Crippen molar-refractivity contribution in [3.05, 3.63) is 46.8 Å². The molecule has 0 unspecified atom stereocenters. The number of carbonyl (C=O) groups is 2. The first-order chi connectivity index (χ1) is 9.40. The average Bonchev–Trinajstić information content (AvgIpc) is 2.35. The molecule has 0 aliphatic carbocycles. The number of carbonyl (C=O) groups excluding carboxylic acids is 2. The molecule has 2 rings (SSSR count). The molecule has 0 fully saturated rings. The maximum atomic E-state index is 13.3. The van der Waals surface area contributed by atoms with E-state index in [4.69, 9.17) is 16.3 Å². The van der Waals surface area contributed by atoms with Crippen molar-refractivity contribution in [2.45, 2.75) is 20.5 Å².